The Kier molecular flexibility index (Phi) is 6.82. The molecule has 2 aromatic carbocycles. The van der Waals surface area contributed by atoms with Crippen LogP contribution >= 0.6 is 0 Å². The lowest BCUT2D eigenvalue weighted by Gasteiger charge is -2.22. The third-order valence-electron chi connectivity index (χ3n) is 5.29. The first-order chi connectivity index (χ1) is 15.6. The number of hydrogen-bond acceptors (Lipinski definition) is 2. The Hall–Kier alpha value is -2.92. The maximum Gasteiger partial charge on any atom is 0.422 e. The Labute approximate surface area is 187 Å². The van der Waals surface area contributed by atoms with Crippen LogP contribution in [0, 0.1) is 5.92 Å². The molecule has 3 nitrogen and oxygen atoms in total. The fraction of sp³-hybridized carbons (Fsp3) is 0.409. The number of rotatable bonds is 7. The summed E-state index contributed by atoms with van der Waals surface area (Å²) in [5.74, 6) is -4.09. The highest BCUT2D eigenvalue weighted by Crippen LogP contribution is 2.47. The zero-order valence-corrected chi connectivity index (χ0v) is 17.1. The highest BCUT2D eigenvalue weighted by Gasteiger charge is 2.40. The molecule has 1 saturated carbocycles. The molecule has 0 aromatic heterocycles. The number of aliphatic carboxylic acids is 1. The minimum atomic E-state index is -5.24. The summed E-state index contributed by atoms with van der Waals surface area (Å²) in [5.41, 5.74) is -4.00. The second kappa shape index (κ2) is 9.03. The van der Waals surface area contributed by atoms with Gasteiger partial charge >= 0.3 is 24.5 Å². The van der Waals surface area contributed by atoms with Gasteiger partial charge in [-0.3, -0.25) is 4.79 Å². The Balaban J connectivity index is 2.22. The minimum absolute atomic E-state index is 0.0157. The van der Waals surface area contributed by atoms with Crippen molar-refractivity contribution in [3.8, 4) is 16.9 Å². The molecule has 1 atom stereocenters. The maximum absolute atomic E-state index is 13.8. The highest BCUT2D eigenvalue weighted by molar-refractivity contribution is 5.80. The van der Waals surface area contributed by atoms with Gasteiger partial charge in [-0.15, -0.1) is 0 Å². The Bertz CT molecular complexity index is 1030. The second-order valence-corrected chi connectivity index (χ2v) is 7.99. The average Bonchev–Trinajstić information content (AvgIpc) is 3.52. The van der Waals surface area contributed by atoms with Crippen LogP contribution in [0.5, 0.6) is 5.75 Å². The summed E-state index contributed by atoms with van der Waals surface area (Å²) in [4.78, 5) is 11.8. The first-order valence-electron chi connectivity index (χ1n) is 9.91. The van der Waals surface area contributed by atoms with Gasteiger partial charge < -0.3 is 9.84 Å². The molecule has 1 N–H and O–H groups in total. The SMILES string of the molecule is O=C(O)[C@@H](CC1CC1)c1cc(-c2ccc(C(F)(F)F)cc2)c(OCC(F)(F)F)c(C(F)(F)F)c1. The van der Waals surface area contributed by atoms with Crippen LogP contribution in [-0.2, 0) is 17.1 Å². The van der Waals surface area contributed by atoms with Crippen LogP contribution in [0.15, 0.2) is 36.4 Å². The van der Waals surface area contributed by atoms with Gasteiger partial charge in [0, 0.05) is 5.56 Å². The van der Waals surface area contributed by atoms with Crippen molar-refractivity contribution in [3.05, 3.63) is 53.1 Å². The van der Waals surface area contributed by atoms with Crippen molar-refractivity contribution in [2.75, 3.05) is 6.61 Å². The van der Waals surface area contributed by atoms with E-state index in [4.69, 9.17) is 0 Å². The fourth-order valence-electron chi connectivity index (χ4n) is 3.49. The zero-order valence-electron chi connectivity index (χ0n) is 17.1. The zero-order chi connectivity index (χ0) is 25.5. The van der Waals surface area contributed by atoms with Crippen LogP contribution in [0.25, 0.3) is 11.1 Å². The molecule has 0 bridgehead atoms. The highest BCUT2D eigenvalue weighted by atomic mass is 19.4. The molecule has 0 amide bonds. The lowest BCUT2D eigenvalue weighted by molar-refractivity contribution is -0.158. The summed E-state index contributed by atoms with van der Waals surface area (Å²) in [6.07, 6.45) is -13.6. The van der Waals surface area contributed by atoms with Gasteiger partial charge in [0.25, 0.3) is 0 Å². The molecule has 0 radical (unpaired) electrons. The fourth-order valence-corrected chi connectivity index (χ4v) is 3.49. The minimum Gasteiger partial charge on any atom is -0.483 e. The number of halogens is 9. The quantitative estimate of drug-likeness (QED) is 0.406. The number of ether oxygens (including phenoxy) is 1. The van der Waals surface area contributed by atoms with Gasteiger partial charge in [-0.2, -0.15) is 39.5 Å². The number of carboxylic acid groups (broad SMARTS) is 1. The van der Waals surface area contributed by atoms with Crippen LogP contribution < -0.4 is 4.74 Å². The van der Waals surface area contributed by atoms with E-state index in [9.17, 15) is 49.4 Å². The van der Waals surface area contributed by atoms with Crippen LogP contribution in [0.4, 0.5) is 39.5 Å². The van der Waals surface area contributed by atoms with E-state index < -0.39 is 59.5 Å². The van der Waals surface area contributed by atoms with E-state index in [1.165, 1.54) is 0 Å². The first kappa shape index (κ1) is 25.7. The molecule has 1 aliphatic rings. The second-order valence-electron chi connectivity index (χ2n) is 7.99. The van der Waals surface area contributed by atoms with Crippen molar-refractivity contribution in [2.45, 2.75) is 43.7 Å². The lowest BCUT2D eigenvalue weighted by atomic mass is 9.88. The monoisotopic (exact) mass is 500 g/mol. The van der Waals surface area contributed by atoms with Crippen LogP contribution in [0.2, 0.25) is 0 Å². The predicted octanol–water partition coefficient (Wildman–Crippen LogP) is 7.30. The Morgan fingerprint density at radius 1 is 0.941 bits per heavy atom. The van der Waals surface area contributed by atoms with Crippen LogP contribution in [0.3, 0.4) is 0 Å². The largest absolute Gasteiger partial charge is 0.483 e. The molecular weight excluding hydrogens is 483 g/mol. The standard InChI is InChI=1S/C22H17F9O3/c23-20(24,25)10-34-18-15(12-3-5-14(6-4-12)21(26,27)28)8-13(9-17(18)22(29,30)31)16(19(32)33)7-11-1-2-11/h3-6,8-9,11,16H,1-2,7,10H2,(H,32,33)/t16-/m0/s1. The van der Waals surface area contributed by atoms with E-state index in [1.807, 2.05) is 0 Å². The molecule has 0 heterocycles. The van der Waals surface area contributed by atoms with E-state index in [-0.39, 0.29) is 23.5 Å². The number of benzene rings is 2. The molecule has 34 heavy (non-hydrogen) atoms. The van der Waals surface area contributed by atoms with Gasteiger partial charge in [0.2, 0.25) is 0 Å². The summed E-state index contributed by atoms with van der Waals surface area (Å²) >= 11 is 0. The first-order valence-corrected chi connectivity index (χ1v) is 9.91. The third-order valence-corrected chi connectivity index (χ3v) is 5.29. The molecule has 1 fully saturated rings. The van der Waals surface area contributed by atoms with Gasteiger partial charge in [-0.05, 0) is 47.7 Å². The Morgan fingerprint density at radius 3 is 1.97 bits per heavy atom. The van der Waals surface area contributed by atoms with Crippen LogP contribution in [0.1, 0.15) is 41.9 Å². The van der Waals surface area contributed by atoms with Crippen molar-refractivity contribution in [3.63, 3.8) is 0 Å². The number of alkyl halides is 9. The topological polar surface area (TPSA) is 46.5 Å². The summed E-state index contributed by atoms with van der Waals surface area (Å²) in [6, 6.07) is 4.06. The van der Waals surface area contributed by atoms with Gasteiger partial charge in [0.15, 0.2) is 6.61 Å². The van der Waals surface area contributed by atoms with Crippen molar-refractivity contribution in [2.24, 2.45) is 5.92 Å². The molecule has 0 spiro atoms. The molecule has 0 aliphatic heterocycles. The van der Waals surface area contributed by atoms with Crippen molar-refractivity contribution in [1.82, 2.24) is 0 Å². The number of carboxylic acids is 1. The summed E-state index contributed by atoms with van der Waals surface area (Å²) in [7, 11) is 0. The lowest BCUT2D eigenvalue weighted by Crippen LogP contribution is -2.22. The van der Waals surface area contributed by atoms with E-state index in [0.717, 1.165) is 18.2 Å². The molecule has 186 valence electrons. The summed E-state index contributed by atoms with van der Waals surface area (Å²) in [5, 5.41) is 9.58. The predicted molar refractivity (Wildman–Crippen MR) is 101 cm³/mol. The van der Waals surface area contributed by atoms with Gasteiger partial charge in [-0.25, -0.2) is 0 Å². The smallest absolute Gasteiger partial charge is 0.422 e. The van der Waals surface area contributed by atoms with Crippen molar-refractivity contribution in [1.29, 1.82) is 0 Å². The molecule has 2 aromatic rings. The maximum atomic E-state index is 13.8. The van der Waals surface area contributed by atoms with Gasteiger partial charge in [-0.1, -0.05) is 25.0 Å². The van der Waals surface area contributed by atoms with Crippen molar-refractivity contribution >= 4 is 5.97 Å². The average molecular weight is 500 g/mol. The molecular formula is C22H17F9O3. The van der Waals surface area contributed by atoms with E-state index in [2.05, 4.69) is 4.74 Å². The molecule has 3 rings (SSSR count). The van der Waals surface area contributed by atoms with Gasteiger partial charge in [0.1, 0.15) is 5.75 Å². The number of carbonyl (C=O) groups is 1. The molecule has 0 unspecified atom stereocenters. The Morgan fingerprint density at radius 2 is 1.53 bits per heavy atom. The molecule has 12 heteroatoms. The van der Waals surface area contributed by atoms with E-state index >= 15 is 0 Å². The van der Waals surface area contributed by atoms with Gasteiger partial charge in [0.05, 0.1) is 17.0 Å². The number of hydrogen-bond donors (Lipinski definition) is 1. The van der Waals surface area contributed by atoms with Crippen LogP contribution in [-0.4, -0.2) is 23.9 Å². The normalized spacial score (nSPS) is 15.8. The molecule has 0 saturated heterocycles. The van der Waals surface area contributed by atoms with E-state index in [0.29, 0.717) is 31.0 Å². The molecule has 1 aliphatic carbocycles. The third kappa shape index (κ3) is 6.35. The summed E-state index contributed by atoms with van der Waals surface area (Å²) < 4.78 is 123. The summed E-state index contributed by atoms with van der Waals surface area (Å²) in [6.45, 7) is -2.09. The van der Waals surface area contributed by atoms with E-state index in [1.54, 1.807) is 0 Å². The van der Waals surface area contributed by atoms with Crippen molar-refractivity contribution < 1.29 is 54.2 Å².